The highest BCUT2D eigenvalue weighted by molar-refractivity contribution is 5.99. The number of benzene rings is 2. The number of hydrogen-bond donors (Lipinski definition) is 2. The number of imide groups is 1. The van der Waals surface area contributed by atoms with Gasteiger partial charge in [-0.3, -0.25) is 10.1 Å². The molecule has 0 unspecified atom stereocenters. The first kappa shape index (κ1) is 20.8. The van der Waals surface area contributed by atoms with Crippen molar-refractivity contribution in [2.24, 2.45) is 0 Å². The van der Waals surface area contributed by atoms with Crippen LogP contribution in [0, 0.1) is 0 Å². The number of methoxy groups -OCH3 is 1. The SMILES string of the molecule is CCOc1ccc(C(=O)O[C@H](C(=O)NC(=O)NC)c2ccccc2)cc1OC. The van der Waals surface area contributed by atoms with Crippen LogP contribution >= 0.6 is 0 Å². The number of carbonyl (C=O) groups is 3. The number of rotatable bonds is 7. The van der Waals surface area contributed by atoms with Gasteiger partial charge in [-0.1, -0.05) is 30.3 Å². The van der Waals surface area contributed by atoms with Gasteiger partial charge in [0.2, 0.25) is 6.10 Å². The number of esters is 1. The molecule has 0 fully saturated rings. The Bertz CT molecular complexity index is 838. The maximum absolute atomic E-state index is 12.6. The molecule has 0 spiro atoms. The molecule has 148 valence electrons. The number of urea groups is 1. The van der Waals surface area contributed by atoms with Gasteiger partial charge in [-0.15, -0.1) is 0 Å². The van der Waals surface area contributed by atoms with Gasteiger partial charge in [0.25, 0.3) is 5.91 Å². The van der Waals surface area contributed by atoms with Gasteiger partial charge in [0, 0.05) is 12.6 Å². The molecule has 0 saturated carbocycles. The summed E-state index contributed by atoms with van der Waals surface area (Å²) in [5.74, 6) is -0.667. The third-order valence-electron chi connectivity index (χ3n) is 3.73. The summed E-state index contributed by atoms with van der Waals surface area (Å²) in [6, 6.07) is 12.3. The fraction of sp³-hybridized carbons (Fsp3) is 0.250. The standard InChI is InChI=1S/C20H22N2O6/c1-4-27-15-11-10-14(12-16(15)26-3)19(24)28-17(13-8-6-5-7-9-13)18(23)22-20(25)21-2/h5-12,17H,4H2,1-3H3,(H2,21,22,23,25)/t17-/m0/s1. The minimum atomic E-state index is -1.30. The van der Waals surface area contributed by atoms with Crippen molar-refractivity contribution in [3.8, 4) is 11.5 Å². The number of hydrogen-bond acceptors (Lipinski definition) is 6. The molecule has 0 aliphatic carbocycles. The third kappa shape index (κ3) is 5.23. The lowest BCUT2D eigenvalue weighted by atomic mass is 10.1. The van der Waals surface area contributed by atoms with Crippen LogP contribution in [0.4, 0.5) is 4.79 Å². The first-order chi connectivity index (χ1) is 13.5. The molecular weight excluding hydrogens is 364 g/mol. The number of amides is 3. The normalized spacial score (nSPS) is 11.1. The zero-order valence-corrected chi connectivity index (χ0v) is 15.9. The van der Waals surface area contributed by atoms with E-state index in [-0.39, 0.29) is 5.56 Å². The Morgan fingerprint density at radius 2 is 1.75 bits per heavy atom. The molecule has 0 saturated heterocycles. The summed E-state index contributed by atoms with van der Waals surface area (Å²) in [5, 5.41) is 4.40. The molecule has 0 radical (unpaired) electrons. The molecule has 2 aromatic carbocycles. The summed E-state index contributed by atoms with van der Waals surface area (Å²) in [4.78, 5) is 36.6. The van der Waals surface area contributed by atoms with E-state index in [0.717, 1.165) is 0 Å². The second kappa shape index (κ2) is 9.96. The quantitative estimate of drug-likeness (QED) is 0.709. The van der Waals surface area contributed by atoms with E-state index in [1.54, 1.807) is 36.4 Å². The van der Waals surface area contributed by atoms with Crippen molar-refractivity contribution in [2.45, 2.75) is 13.0 Å². The van der Waals surface area contributed by atoms with E-state index in [2.05, 4.69) is 10.6 Å². The second-order valence-corrected chi connectivity index (χ2v) is 5.56. The molecule has 2 rings (SSSR count). The lowest BCUT2D eigenvalue weighted by Gasteiger charge is -2.18. The Balaban J connectivity index is 2.27. The van der Waals surface area contributed by atoms with Gasteiger partial charge in [-0.25, -0.2) is 9.59 Å². The fourth-order valence-electron chi connectivity index (χ4n) is 2.39. The topological polar surface area (TPSA) is 103 Å². The zero-order valence-electron chi connectivity index (χ0n) is 15.9. The Kier molecular flexibility index (Phi) is 7.38. The highest BCUT2D eigenvalue weighted by atomic mass is 16.5. The van der Waals surface area contributed by atoms with Crippen molar-refractivity contribution in [3.63, 3.8) is 0 Å². The highest BCUT2D eigenvalue weighted by Gasteiger charge is 2.27. The van der Waals surface area contributed by atoms with Gasteiger partial charge >= 0.3 is 12.0 Å². The van der Waals surface area contributed by atoms with Gasteiger partial charge in [0.1, 0.15) is 0 Å². The Morgan fingerprint density at radius 3 is 2.36 bits per heavy atom. The molecule has 8 nitrogen and oxygen atoms in total. The first-order valence-corrected chi connectivity index (χ1v) is 8.59. The monoisotopic (exact) mass is 386 g/mol. The van der Waals surface area contributed by atoms with E-state index in [1.165, 1.54) is 26.3 Å². The molecular formula is C20H22N2O6. The van der Waals surface area contributed by atoms with E-state index < -0.39 is 24.0 Å². The molecule has 2 aromatic rings. The maximum Gasteiger partial charge on any atom is 0.339 e. The Morgan fingerprint density at radius 1 is 1.04 bits per heavy atom. The van der Waals surface area contributed by atoms with Crippen molar-refractivity contribution in [2.75, 3.05) is 20.8 Å². The molecule has 0 aliphatic heterocycles. The fourth-order valence-corrected chi connectivity index (χ4v) is 2.39. The van der Waals surface area contributed by atoms with Gasteiger partial charge in [-0.2, -0.15) is 0 Å². The van der Waals surface area contributed by atoms with Crippen LogP contribution in [0.1, 0.15) is 28.9 Å². The number of ether oxygens (including phenoxy) is 3. The molecule has 0 aliphatic rings. The largest absolute Gasteiger partial charge is 0.493 e. The first-order valence-electron chi connectivity index (χ1n) is 8.59. The molecule has 0 bridgehead atoms. The average Bonchev–Trinajstić information content (AvgIpc) is 2.72. The highest BCUT2D eigenvalue weighted by Crippen LogP contribution is 2.29. The minimum Gasteiger partial charge on any atom is -0.493 e. The Hall–Kier alpha value is -3.55. The van der Waals surface area contributed by atoms with Crippen LogP contribution in [0.2, 0.25) is 0 Å². The lowest BCUT2D eigenvalue weighted by molar-refractivity contribution is -0.129. The predicted octanol–water partition coefficient (Wildman–Crippen LogP) is 2.45. The summed E-state index contributed by atoms with van der Waals surface area (Å²) >= 11 is 0. The van der Waals surface area contributed by atoms with Crippen LogP contribution in [0.15, 0.2) is 48.5 Å². The summed E-state index contributed by atoms with van der Waals surface area (Å²) in [6.45, 7) is 2.27. The van der Waals surface area contributed by atoms with Crippen LogP contribution in [0.3, 0.4) is 0 Å². The second-order valence-electron chi connectivity index (χ2n) is 5.56. The van der Waals surface area contributed by atoms with E-state index >= 15 is 0 Å². The van der Waals surface area contributed by atoms with Crippen LogP contribution in [0.5, 0.6) is 11.5 Å². The van der Waals surface area contributed by atoms with E-state index in [0.29, 0.717) is 23.7 Å². The van der Waals surface area contributed by atoms with Crippen molar-refractivity contribution in [1.29, 1.82) is 0 Å². The summed E-state index contributed by atoms with van der Waals surface area (Å²) in [7, 11) is 2.83. The van der Waals surface area contributed by atoms with E-state index in [4.69, 9.17) is 14.2 Å². The molecule has 8 heteroatoms. The van der Waals surface area contributed by atoms with E-state index in [1.807, 2.05) is 6.92 Å². The van der Waals surface area contributed by atoms with Crippen LogP contribution in [0.25, 0.3) is 0 Å². The van der Waals surface area contributed by atoms with Crippen LogP contribution < -0.4 is 20.1 Å². The molecule has 2 N–H and O–H groups in total. The van der Waals surface area contributed by atoms with Gasteiger partial charge in [0.15, 0.2) is 11.5 Å². The summed E-state index contributed by atoms with van der Waals surface area (Å²) in [6.07, 6.45) is -1.30. The molecule has 0 aromatic heterocycles. The van der Waals surface area contributed by atoms with Crippen molar-refractivity contribution >= 4 is 17.9 Å². The van der Waals surface area contributed by atoms with E-state index in [9.17, 15) is 14.4 Å². The maximum atomic E-state index is 12.6. The molecule has 1 atom stereocenters. The molecule has 3 amide bonds. The van der Waals surface area contributed by atoms with Gasteiger partial charge in [0.05, 0.1) is 19.3 Å². The van der Waals surface area contributed by atoms with Crippen molar-refractivity contribution in [3.05, 3.63) is 59.7 Å². The number of nitrogens with one attached hydrogen (secondary N) is 2. The lowest BCUT2D eigenvalue weighted by Crippen LogP contribution is -2.41. The summed E-state index contributed by atoms with van der Waals surface area (Å²) < 4.78 is 16.1. The van der Waals surface area contributed by atoms with Crippen molar-refractivity contribution < 1.29 is 28.6 Å². The number of carbonyl (C=O) groups excluding carboxylic acids is 3. The van der Waals surface area contributed by atoms with Crippen LogP contribution in [-0.4, -0.2) is 38.7 Å². The Labute approximate surface area is 162 Å². The van der Waals surface area contributed by atoms with Gasteiger partial charge < -0.3 is 19.5 Å². The smallest absolute Gasteiger partial charge is 0.339 e. The minimum absolute atomic E-state index is 0.175. The van der Waals surface area contributed by atoms with Crippen molar-refractivity contribution in [1.82, 2.24) is 10.6 Å². The van der Waals surface area contributed by atoms with Crippen LogP contribution in [-0.2, 0) is 9.53 Å². The predicted molar refractivity (Wildman–Crippen MR) is 101 cm³/mol. The third-order valence-corrected chi connectivity index (χ3v) is 3.73. The van der Waals surface area contributed by atoms with Gasteiger partial charge in [-0.05, 0) is 25.1 Å². The molecule has 28 heavy (non-hydrogen) atoms. The average molecular weight is 386 g/mol. The molecule has 0 heterocycles. The zero-order chi connectivity index (χ0) is 20.5. The summed E-state index contributed by atoms with van der Waals surface area (Å²) in [5.41, 5.74) is 0.601.